The average Bonchev–Trinajstić information content (AvgIpc) is 2.33. The van der Waals surface area contributed by atoms with Gasteiger partial charge in [-0.3, -0.25) is 4.79 Å². The van der Waals surface area contributed by atoms with Crippen molar-refractivity contribution < 1.29 is 14.7 Å². The first kappa shape index (κ1) is 13.5. The predicted molar refractivity (Wildman–Crippen MR) is 68.9 cm³/mol. The fourth-order valence-corrected chi connectivity index (χ4v) is 4.15. The fraction of sp³-hybridized carbons (Fsp3) is 0.733. The van der Waals surface area contributed by atoms with E-state index in [1.807, 2.05) is 13.0 Å². The maximum Gasteiger partial charge on any atom is 0.146 e. The van der Waals surface area contributed by atoms with Crippen LogP contribution in [0.1, 0.15) is 40.0 Å². The second-order valence-corrected chi connectivity index (χ2v) is 6.63. The molecule has 2 aliphatic rings. The molecule has 1 fully saturated rings. The molecule has 100 valence electrons. The number of rotatable bonds is 2. The average molecular weight is 250 g/mol. The van der Waals surface area contributed by atoms with Gasteiger partial charge in [0.1, 0.15) is 12.6 Å². The second kappa shape index (κ2) is 4.30. The summed E-state index contributed by atoms with van der Waals surface area (Å²) in [7, 11) is 0. The van der Waals surface area contributed by atoms with Gasteiger partial charge in [0, 0.05) is 5.41 Å². The summed E-state index contributed by atoms with van der Waals surface area (Å²) in [6.45, 7) is 6.37. The van der Waals surface area contributed by atoms with Gasteiger partial charge in [-0.05, 0) is 36.2 Å². The van der Waals surface area contributed by atoms with Crippen LogP contribution >= 0.6 is 0 Å². The van der Waals surface area contributed by atoms with Gasteiger partial charge in [0.05, 0.1) is 12.0 Å². The normalized spacial score (nSPS) is 42.7. The quantitative estimate of drug-likeness (QED) is 0.764. The Morgan fingerprint density at radius 1 is 1.33 bits per heavy atom. The number of hydrogen-bond donors (Lipinski definition) is 1. The third-order valence-corrected chi connectivity index (χ3v) is 5.36. The van der Waals surface area contributed by atoms with Gasteiger partial charge >= 0.3 is 0 Å². The van der Waals surface area contributed by atoms with Crippen LogP contribution in [0.2, 0.25) is 0 Å². The van der Waals surface area contributed by atoms with Crippen molar-refractivity contribution in [2.75, 3.05) is 0 Å². The lowest BCUT2D eigenvalue weighted by Gasteiger charge is -2.57. The van der Waals surface area contributed by atoms with Crippen LogP contribution in [0, 0.1) is 22.7 Å². The highest BCUT2D eigenvalue weighted by Crippen LogP contribution is 2.58. The van der Waals surface area contributed by atoms with Gasteiger partial charge in [-0.15, -0.1) is 0 Å². The molecule has 1 N–H and O–H groups in total. The van der Waals surface area contributed by atoms with Gasteiger partial charge in [-0.2, -0.15) is 0 Å². The molecule has 18 heavy (non-hydrogen) atoms. The predicted octanol–water partition coefficient (Wildman–Crippen LogP) is 2.13. The number of carbonyl (C=O) groups excluding carboxylic acids is 2. The molecule has 0 bridgehead atoms. The highest BCUT2D eigenvalue weighted by Gasteiger charge is 2.56. The molecule has 0 heterocycles. The molecule has 0 radical (unpaired) electrons. The molecule has 2 aliphatic carbocycles. The van der Waals surface area contributed by atoms with E-state index in [1.165, 1.54) is 0 Å². The topological polar surface area (TPSA) is 54.4 Å². The van der Waals surface area contributed by atoms with Gasteiger partial charge in [-0.25, -0.2) is 0 Å². The maximum absolute atomic E-state index is 11.4. The molecule has 0 aromatic carbocycles. The van der Waals surface area contributed by atoms with Crippen LogP contribution in [0.25, 0.3) is 0 Å². The summed E-state index contributed by atoms with van der Waals surface area (Å²) in [6.07, 6.45) is 5.44. The Hall–Kier alpha value is -0.960. The first-order chi connectivity index (χ1) is 8.37. The van der Waals surface area contributed by atoms with E-state index < -0.39 is 17.4 Å². The summed E-state index contributed by atoms with van der Waals surface area (Å²) < 4.78 is 0. The third kappa shape index (κ3) is 1.68. The van der Waals surface area contributed by atoms with Gasteiger partial charge in [-0.1, -0.05) is 26.8 Å². The van der Waals surface area contributed by atoms with Crippen molar-refractivity contribution in [1.29, 1.82) is 0 Å². The largest absolute Gasteiger partial charge is 0.393 e. The number of carbonyl (C=O) groups is 2. The van der Waals surface area contributed by atoms with E-state index in [2.05, 4.69) is 13.8 Å². The van der Waals surface area contributed by atoms with Gasteiger partial charge < -0.3 is 9.90 Å². The number of fused-ring (bicyclic) bond motifs is 1. The Morgan fingerprint density at radius 2 is 2.00 bits per heavy atom. The van der Waals surface area contributed by atoms with E-state index in [0.29, 0.717) is 12.0 Å². The molecular formula is C15H22O3. The zero-order chi connectivity index (χ0) is 13.6. The Kier molecular flexibility index (Phi) is 3.22. The molecule has 1 unspecified atom stereocenters. The van der Waals surface area contributed by atoms with E-state index in [1.54, 1.807) is 0 Å². The highest BCUT2D eigenvalue weighted by atomic mass is 16.3. The van der Waals surface area contributed by atoms with Crippen molar-refractivity contribution in [3.63, 3.8) is 0 Å². The summed E-state index contributed by atoms with van der Waals surface area (Å²) in [5.41, 5.74) is 0.134. The molecule has 0 aromatic heterocycles. The maximum atomic E-state index is 11.4. The van der Waals surface area contributed by atoms with Crippen LogP contribution in [0.3, 0.4) is 0 Å². The van der Waals surface area contributed by atoms with Crippen LogP contribution < -0.4 is 0 Å². The Labute approximate surface area is 108 Å². The number of allylic oxidation sites excluding steroid dienone is 2. The van der Waals surface area contributed by atoms with E-state index in [-0.39, 0.29) is 11.3 Å². The zero-order valence-corrected chi connectivity index (χ0v) is 11.3. The van der Waals surface area contributed by atoms with Crippen LogP contribution in [0.5, 0.6) is 0 Å². The fourth-order valence-electron chi connectivity index (χ4n) is 4.15. The Balaban J connectivity index is 2.52. The summed E-state index contributed by atoms with van der Waals surface area (Å²) in [6, 6.07) is 0. The lowest BCUT2D eigenvalue weighted by Crippen LogP contribution is -2.56. The van der Waals surface area contributed by atoms with E-state index in [0.717, 1.165) is 25.4 Å². The monoisotopic (exact) mass is 250 g/mol. The van der Waals surface area contributed by atoms with Gasteiger partial charge in [0.15, 0.2) is 0 Å². The van der Waals surface area contributed by atoms with Crippen molar-refractivity contribution in [2.45, 2.75) is 46.1 Å². The molecular weight excluding hydrogens is 228 g/mol. The first-order valence-corrected chi connectivity index (χ1v) is 6.66. The van der Waals surface area contributed by atoms with Crippen molar-refractivity contribution in [1.82, 2.24) is 0 Å². The molecule has 0 aromatic rings. The molecule has 0 saturated heterocycles. The summed E-state index contributed by atoms with van der Waals surface area (Å²) in [4.78, 5) is 22.5. The molecule has 1 saturated carbocycles. The van der Waals surface area contributed by atoms with Crippen LogP contribution in [0.15, 0.2) is 11.6 Å². The zero-order valence-electron chi connectivity index (χ0n) is 11.3. The molecule has 0 amide bonds. The minimum absolute atomic E-state index is 0.0974. The van der Waals surface area contributed by atoms with Crippen molar-refractivity contribution >= 4 is 12.6 Å². The van der Waals surface area contributed by atoms with E-state index in [4.69, 9.17) is 0 Å². The third-order valence-electron chi connectivity index (χ3n) is 5.36. The van der Waals surface area contributed by atoms with E-state index >= 15 is 0 Å². The number of aliphatic hydroxyl groups excluding tert-OH is 1. The Bertz CT molecular complexity index is 397. The number of hydrogen-bond acceptors (Lipinski definition) is 3. The van der Waals surface area contributed by atoms with Crippen LogP contribution in [0.4, 0.5) is 0 Å². The summed E-state index contributed by atoms with van der Waals surface area (Å²) >= 11 is 0. The lowest BCUT2D eigenvalue weighted by atomic mass is 9.48. The van der Waals surface area contributed by atoms with Crippen molar-refractivity contribution in [2.24, 2.45) is 22.7 Å². The van der Waals surface area contributed by atoms with Crippen LogP contribution in [-0.2, 0) is 9.59 Å². The SMILES string of the molecule is CC1(C)CC[C@@H](O)[C@@]2(C)C1CC=C(C=O)[C@H]2C=O. The number of aldehydes is 2. The molecule has 0 spiro atoms. The van der Waals surface area contributed by atoms with Crippen molar-refractivity contribution in [3.8, 4) is 0 Å². The number of aliphatic hydroxyl groups is 1. The minimum atomic E-state index is -0.505. The molecule has 4 atom stereocenters. The highest BCUT2D eigenvalue weighted by molar-refractivity contribution is 5.82. The molecule has 0 aliphatic heterocycles. The lowest BCUT2D eigenvalue weighted by molar-refractivity contribution is -0.143. The molecule has 2 rings (SSSR count). The van der Waals surface area contributed by atoms with Gasteiger partial charge in [0.2, 0.25) is 0 Å². The summed E-state index contributed by atoms with van der Waals surface area (Å²) in [5, 5.41) is 10.4. The minimum Gasteiger partial charge on any atom is -0.393 e. The smallest absolute Gasteiger partial charge is 0.146 e. The standard InChI is InChI=1S/C15H22O3/c1-14(2)7-6-13(18)15(3)11(9-17)10(8-16)4-5-12(14)15/h4,8-9,11-13,18H,5-7H2,1-3H3/t11-,12?,13-,15-/m1/s1. The van der Waals surface area contributed by atoms with Crippen molar-refractivity contribution in [3.05, 3.63) is 11.6 Å². The van der Waals surface area contributed by atoms with Gasteiger partial charge in [0.25, 0.3) is 0 Å². The Morgan fingerprint density at radius 3 is 2.56 bits per heavy atom. The first-order valence-electron chi connectivity index (χ1n) is 6.66. The molecule has 3 heteroatoms. The molecule has 3 nitrogen and oxygen atoms in total. The second-order valence-electron chi connectivity index (χ2n) is 6.63. The van der Waals surface area contributed by atoms with E-state index in [9.17, 15) is 14.7 Å². The summed E-state index contributed by atoms with van der Waals surface area (Å²) in [5.74, 6) is -0.226. The van der Waals surface area contributed by atoms with Crippen LogP contribution in [-0.4, -0.2) is 23.8 Å².